The highest BCUT2D eigenvalue weighted by Gasteiger charge is 2.18. The van der Waals surface area contributed by atoms with E-state index in [-0.39, 0.29) is 11.5 Å². The van der Waals surface area contributed by atoms with Crippen LogP contribution in [-0.2, 0) is 0 Å². The van der Waals surface area contributed by atoms with Gasteiger partial charge in [-0.2, -0.15) is 0 Å². The second-order valence-electron chi connectivity index (χ2n) is 5.48. The van der Waals surface area contributed by atoms with Crippen LogP contribution in [0.15, 0.2) is 48.7 Å². The molecule has 128 valence electrons. The van der Waals surface area contributed by atoms with Crippen LogP contribution in [0.1, 0.15) is 29.0 Å². The zero-order valence-electron chi connectivity index (χ0n) is 13.9. The maximum absolute atomic E-state index is 13.5. The third-order valence-electron chi connectivity index (χ3n) is 3.79. The number of hydrogen-bond donors (Lipinski definition) is 1. The van der Waals surface area contributed by atoms with Crippen molar-refractivity contribution in [2.75, 3.05) is 11.9 Å². The molecule has 25 heavy (non-hydrogen) atoms. The van der Waals surface area contributed by atoms with Gasteiger partial charge >= 0.3 is 0 Å². The third-order valence-corrected chi connectivity index (χ3v) is 3.79. The number of fused-ring (bicyclic) bond motifs is 1. The molecular weight excluding hydrogens is 323 g/mol. The van der Waals surface area contributed by atoms with Crippen LogP contribution in [0.25, 0.3) is 10.9 Å². The Morgan fingerprint density at radius 3 is 2.68 bits per heavy atom. The Bertz CT molecular complexity index is 962. The van der Waals surface area contributed by atoms with E-state index in [1.165, 1.54) is 35.9 Å². The molecule has 0 saturated carbocycles. The summed E-state index contributed by atoms with van der Waals surface area (Å²) >= 11 is 0. The van der Waals surface area contributed by atoms with E-state index in [4.69, 9.17) is 4.74 Å². The van der Waals surface area contributed by atoms with E-state index >= 15 is 0 Å². The molecule has 0 fully saturated rings. The average Bonchev–Trinajstić information content (AvgIpc) is 2.96. The van der Waals surface area contributed by atoms with E-state index in [1.54, 1.807) is 18.2 Å². The Balaban J connectivity index is 2.02. The second kappa shape index (κ2) is 6.76. The van der Waals surface area contributed by atoms with Gasteiger partial charge in [0.2, 0.25) is 5.91 Å². The summed E-state index contributed by atoms with van der Waals surface area (Å²) in [5.41, 5.74) is 1.17. The van der Waals surface area contributed by atoms with Crippen LogP contribution in [0, 0.1) is 5.82 Å². The van der Waals surface area contributed by atoms with Gasteiger partial charge in [0.25, 0.3) is 5.91 Å². The summed E-state index contributed by atoms with van der Waals surface area (Å²) in [6, 6.07) is 11.1. The molecule has 0 aliphatic rings. The minimum absolute atomic E-state index is 0.288. The van der Waals surface area contributed by atoms with E-state index in [9.17, 15) is 14.0 Å². The van der Waals surface area contributed by atoms with Gasteiger partial charge in [-0.3, -0.25) is 14.2 Å². The molecular formula is C19H17FN2O3. The summed E-state index contributed by atoms with van der Waals surface area (Å²) in [5, 5.41) is 3.29. The summed E-state index contributed by atoms with van der Waals surface area (Å²) in [7, 11) is 0. The largest absolute Gasteiger partial charge is 0.492 e. The minimum atomic E-state index is -0.471. The Morgan fingerprint density at radius 2 is 1.96 bits per heavy atom. The molecule has 0 aliphatic carbocycles. The van der Waals surface area contributed by atoms with Gasteiger partial charge in [-0.1, -0.05) is 12.1 Å². The lowest BCUT2D eigenvalue weighted by Gasteiger charge is -2.10. The first kappa shape index (κ1) is 16.7. The van der Waals surface area contributed by atoms with E-state index in [1.807, 2.05) is 13.0 Å². The number of benzene rings is 2. The highest BCUT2D eigenvalue weighted by atomic mass is 19.1. The lowest BCUT2D eigenvalue weighted by Crippen LogP contribution is -2.13. The highest BCUT2D eigenvalue weighted by Crippen LogP contribution is 2.27. The molecule has 0 atom stereocenters. The zero-order chi connectivity index (χ0) is 18.0. The van der Waals surface area contributed by atoms with Crippen molar-refractivity contribution in [1.82, 2.24) is 4.57 Å². The number of nitrogens with one attached hydrogen (secondary N) is 1. The number of carbonyl (C=O) groups excluding carboxylic acids is 2. The van der Waals surface area contributed by atoms with Crippen molar-refractivity contribution >= 4 is 28.4 Å². The van der Waals surface area contributed by atoms with Gasteiger partial charge in [0.1, 0.15) is 11.6 Å². The fourth-order valence-electron chi connectivity index (χ4n) is 2.68. The zero-order valence-corrected chi connectivity index (χ0v) is 13.9. The number of para-hydroxylation sites is 2. The number of halogens is 1. The lowest BCUT2D eigenvalue weighted by atomic mass is 10.1. The van der Waals surface area contributed by atoms with Crippen LogP contribution in [-0.4, -0.2) is 23.0 Å². The number of carbonyl (C=O) groups is 2. The smallest absolute Gasteiger partial charge is 0.257 e. The highest BCUT2D eigenvalue weighted by molar-refractivity contribution is 6.14. The predicted molar refractivity (Wildman–Crippen MR) is 93.8 cm³/mol. The standard InChI is InChI=1S/C19H17FN2O3/c1-3-25-18-7-5-4-6-16(18)21-19(24)15-11-22(12(2)23)17-10-13(20)8-9-14(15)17/h4-11H,3H2,1-2H3,(H,21,24). The molecule has 6 heteroatoms. The van der Waals surface area contributed by atoms with Crippen LogP contribution in [0.3, 0.4) is 0 Å². The molecule has 2 aromatic carbocycles. The van der Waals surface area contributed by atoms with Gasteiger partial charge in [0.05, 0.1) is 23.4 Å². The van der Waals surface area contributed by atoms with Crippen LogP contribution in [0.5, 0.6) is 5.75 Å². The van der Waals surface area contributed by atoms with Gasteiger partial charge in [0.15, 0.2) is 0 Å². The normalized spacial score (nSPS) is 10.7. The lowest BCUT2D eigenvalue weighted by molar-refractivity contribution is 0.0941. The molecule has 3 rings (SSSR count). The molecule has 0 radical (unpaired) electrons. The number of aromatic nitrogens is 1. The summed E-state index contributed by atoms with van der Waals surface area (Å²) in [5.74, 6) is -0.616. The van der Waals surface area contributed by atoms with Crippen molar-refractivity contribution in [3.8, 4) is 5.75 Å². The SMILES string of the molecule is CCOc1ccccc1NC(=O)c1cn(C(C)=O)c2cc(F)ccc12. The third kappa shape index (κ3) is 3.24. The molecule has 1 N–H and O–H groups in total. The molecule has 0 spiro atoms. The van der Waals surface area contributed by atoms with Crippen molar-refractivity contribution in [3.63, 3.8) is 0 Å². The minimum Gasteiger partial charge on any atom is -0.492 e. The second-order valence-corrected chi connectivity index (χ2v) is 5.48. The number of nitrogens with zero attached hydrogens (tertiary/aromatic N) is 1. The van der Waals surface area contributed by atoms with Crippen molar-refractivity contribution in [1.29, 1.82) is 0 Å². The molecule has 0 saturated heterocycles. The van der Waals surface area contributed by atoms with Crippen molar-refractivity contribution in [2.24, 2.45) is 0 Å². The molecule has 3 aromatic rings. The maximum Gasteiger partial charge on any atom is 0.257 e. The molecule has 1 amide bonds. The van der Waals surface area contributed by atoms with Crippen LogP contribution in [0.2, 0.25) is 0 Å². The summed E-state index contributed by atoms with van der Waals surface area (Å²) in [4.78, 5) is 24.5. The molecule has 0 bridgehead atoms. The van der Waals surface area contributed by atoms with Crippen molar-refractivity contribution in [2.45, 2.75) is 13.8 Å². The van der Waals surface area contributed by atoms with E-state index in [2.05, 4.69) is 5.32 Å². The summed E-state index contributed by atoms with van der Waals surface area (Å²) in [6.07, 6.45) is 1.42. The number of hydrogen-bond acceptors (Lipinski definition) is 3. The summed E-state index contributed by atoms with van der Waals surface area (Å²) in [6.45, 7) is 3.68. The van der Waals surface area contributed by atoms with Crippen LogP contribution in [0.4, 0.5) is 10.1 Å². The van der Waals surface area contributed by atoms with Crippen molar-refractivity contribution < 1.29 is 18.7 Å². The molecule has 1 aromatic heterocycles. The Kier molecular flexibility index (Phi) is 4.52. The molecule has 5 nitrogen and oxygen atoms in total. The number of rotatable bonds is 4. The monoisotopic (exact) mass is 340 g/mol. The topological polar surface area (TPSA) is 60.3 Å². The molecule has 0 aliphatic heterocycles. The van der Waals surface area contributed by atoms with Gasteiger partial charge in [-0.15, -0.1) is 0 Å². The Hall–Kier alpha value is -3.15. The number of amides is 1. The fraction of sp³-hybridized carbons (Fsp3) is 0.158. The van der Waals surface area contributed by atoms with Crippen LogP contribution >= 0.6 is 0 Å². The first-order chi connectivity index (χ1) is 12.0. The van der Waals surface area contributed by atoms with E-state index in [0.717, 1.165) is 0 Å². The quantitative estimate of drug-likeness (QED) is 0.778. The van der Waals surface area contributed by atoms with Crippen molar-refractivity contribution in [3.05, 3.63) is 60.0 Å². The Morgan fingerprint density at radius 1 is 1.20 bits per heavy atom. The average molecular weight is 340 g/mol. The van der Waals surface area contributed by atoms with Gasteiger partial charge in [-0.05, 0) is 37.3 Å². The fourth-order valence-corrected chi connectivity index (χ4v) is 2.68. The van der Waals surface area contributed by atoms with Gasteiger partial charge in [-0.25, -0.2) is 4.39 Å². The Labute approximate surface area is 144 Å². The van der Waals surface area contributed by atoms with E-state index in [0.29, 0.717) is 28.9 Å². The van der Waals surface area contributed by atoms with Crippen LogP contribution < -0.4 is 10.1 Å². The molecule has 0 unspecified atom stereocenters. The molecule has 1 heterocycles. The maximum atomic E-state index is 13.5. The summed E-state index contributed by atoms with van der Waals surface area (Å²) < 4.78 is 20.3. The number of ether oxygens (including phenoxy) is 1. The first-order valence-corrected chi connectivity index (χ1v) is 7.86. The number of anilines is 1. The van der Waals surface area contributed by atoms with Gasteiger partial charge in [0, 0.05) is 18.5 Å². The first-order valence-electron chi connectivity index (χ1n) is 7.86. The van der Waals surface area contributed by atoms with Gasteiger partial charge < -0.3 is 10.1 Å². The predicted octanol–water partition coefficient (Wildman–Crippen LogP) is 4.09. The van der Waals surface area contributed by atoms with E-state index < -0.39 is 11.7 Å².